The average molecular weight is 266 g/mol. The molecule has 0 atom stereocenters. The molecule has 0 saturated carbocycles. The summed E-state index contributed by atoms with van der Waals surface area (Å²) in [6.07, 6.45) is 1.29. The van der Waals surface area contributed by atoms with Gasteiger partial charge in [0.05, 0.1) is 0 Å². The van der Waals surface area contributed by atoms with Crippen LogP contribution in [0.25, 0.3) is 0 Å². The smallest absolute Gasteiger partial charge is 0.252 e. The van der Waals surface area contributed by atoms with Crippen molar-refractivity contribution < 1.29 is 4.79 Å². The summed E-state index contributed by atoms with van der Waals surface area (Å²) in [6.45, 7) is 7.08. The van der Waals surface area contributed by atoms with Crippen molar-refractivity contribution in [2.75, 3.05) is 18.4 Å². The molecule has 6 heteroatoms. The molecule has 0 aromatic carbocycles. The molecule has 0 radical (unpaired) electrons. The molecule has 6 nitrogen and oxygen atoms in total. The highest BCUT2D eigenvalue weighted by molar-refractivity contribution is 5.76. The number of rotatable bonds is 7. The quantitative estimate of drug-likeness (QED) is 0.692. The Bertz CT molecular complexity index is 468. The van der Waals surface area contributed by atoms with E-state index >= 15 is 0 Å². The van der Waals surface area contributed by atoms with Gasteiger partial charge in [-0.05, 0) is 6.42 Å². The summed E-state index contributed by atoms with van der Waals surface area (Å²) in [4.78, 5) is 29.8. The van der Waals surface area contributed by atoms with Crippen molar-refractivity contribution in [1.29, 1.82) is 0 Å². The van der Waals surface area contributed by atoms with E-state index in [4.69, 9.17) is 0 Å². The number of nitrogens with zero attached hydrogens (tertiary/aromatic N) is 1. The Labute approximate surface area is 113 Å². The monoisotopic (exact) mass is 266 g/mol. The number of aromatic nitrogens is 2. The van der Waals surface area contributed by atoms with Gasteiger partial charge in [-0.2, -0.15) is 0 Å². The van der Waals surface area contributed by atoms with Gasteiger partial charge in [0.25, 0.3) is 5.56 Å². The number of aromatic amines is 1. The molecule has 3 N–H and O–H groups in total. The number of hydrogen-bond donors (Lipinski definition) is 3. The second kappa shape index (κ2) is 7.56. The number of carbonyl (C=O) groups excluding carboxylic acids is 1. The molecule has 1 aromatic rings. The fraction of sp³-hybridized carbons (Fsp3) is 0.615. The van der Waals surface area contributed by atoms with E-state index in [0.29, 0.717) is 31.2 Å². The highest BCUT2D eigenvalue weighted by Crippen LogP contribution is 2.08. The van der Waals surface area contributed by atoms with Gasteiger partial charge in [0.2, 0.25) is 5.91 Å². The van der Waals surface area contributed by atoms with Gasteiger partial charge in [-0.3, -0.25) is 9.59 Å². The van der Waals surface area contributed by atoms with Gasteiger partial charge in [-0.1, -0.05) is 20.8 Å². The molecular weight excluding hydrogens is 244 g/mol. The minimum Gasteiger partial charge on any atom is -0.369 e. The minimum atomic E-state index is -0.184. The van der Waals surface area contributed by atoms with E-state index < -0.39 is 0 Å². The van der Waals surface area contributed by atoms with Crippen LogP contribution in [0, 0.1) is 0 Å². The third kappa shape index (κ3) is 5.54. The van der Waals surface area contributed by atoms with E-state index in [-0.39, 0.29) is 17.4 Å². The van der Waals surface area contributed by atoms with Gasteiger partial charge < -0.3 is 15.6 Å². The molecule has 0 bridgehead atoms. The van der Waals surface area contributed by atoms with Crippen LogP contribution in [0.15, 0.2) is 10.9 Å². The lowest BCUT2D eigenvalue weighted by atomic mass is 10.2. The Morgan fingerprint density at radius 3 is 2.79 bits per heavy atom. The fourth-order valence-electron chi connectivity index (χ4n) is 1.50. The van der Waals surface area contributed by atoms with Crippen molar-refractivity contribution in [3.05, 3.63) is 22.2 Å². The van der Waals surface area contributed by atoms with E-state index in [1.54, 1.807) is 0 Å². The number of amides is 1. The van der Waals surface area contributed by atoms with Crippen LogP contribution in [0.4, 0.5) is 5.82 Å². The minimum absolute atomic E-state index is 0.00303. The maximum atomic E-state index is 11.4. The number of hydrogen-bond acceptors (Lipinski definition) is 4. The predicted octanol–water partition coefficient (Wildman–Crippen LogP) is 1.22. The zero-order valence-corrected chi connectivity index (χ0v) is 11.7. The van der Waals surface area contributed by atoms with Crippen molar-refractivity contribution in [3.8, 4) is 0 Å². The maximum absolute atomic E-state index is 11.4. The zero-order chi connectivity index (χ0) is 14.3. The molecule has 19 heavy (non-hydrogen) atoms. The summed E-state index contributed by atoms with van der Waals surface area (Å²) >= 11 is 0. The van der Waals surface area contributed by atoms with E-state index in [1.807, 2.05) is 20.8 Å². The number of nitrogens with one attached hydrogen (secondary N) is 3. The molecule has 0 fully saturated rings. The van der Waals surface area contributed by atoms with Crippen molar-refractivity contribution in [2.24, 2.45) is 0 Å². The highest BCUT2D eigenvalue weighted by Gasteiger charge is 2.05. The summed E-state index contributed by atoms with van der Waals surface area (Å²) in [6, 6.07) is 1.40. The highest BCUT2D eigenvalue weighted by atomic mass is 16.1. The SMILES string of the molecule is CCCNC(=O)CCNc1cc(=O)[nH]c(C(C)C)n1. The Hall–Kier alpha value is -1.85. The van der Waals surface area contributed by atoms with Gasteiger partial charge in [0.15, 0.2) is 0 Å². The Morgan fingerprint density at radius 2 is 2.16 bits per heavy atom. The zero-order valence-electron chi connectivity index (χ0n) is 11.7. The predicted molar refractivity (Wildman–Crippen MR) is 75.4 cm³/mol. The van der Waals surface area contributed by atoms with Gasteiger partial charge in [0.1, 0.15) is 11.6 Å². The summed E-state index contributed by atoms with van der Waals surface area (Å²) in [7, 11) is 0. The van der Waals surface area contributed by atoms with Crippen LogP contribution in [0.1, 0.15) is 45.4 Å². The maximum Gasteiger partial charge on any atom is 0.252 e. The van der Waals surface area contributed by atoms with E-state index in [9.17, 15) is 9.59 Å². The van der Waals surface area contributed by atoms with Crippen molar-refractivity contribution in [3.63, 3.8) is 0 Å². The molecule has 1 aromatic heterocycles. The summed E-state index contributed by atoms with van der Waals surface area (Å²) in [5.41, 5.74) is -0.184. The molecule has 1 rings (SSSR count). The lowest BCUT2D eigenvalue weighted by molar-refractivity contribution is -0.120. The molecule has 0 saturated heterocycles. The molecule has 1 heterocycles. The van der Waals surface area contributed by atoms with Crippen molar-refractivity contribution in [2.45, 2.75) is 39.5 Å². The third-order valence-corrected chi connectivity index (χ3v) is 2.54. The van der Waals surface area contributed by atoms with Crippen LogP contribution in [0.5, 0.6) is 0 Å². The van der Waals surface area contributed by atoms with Crippen LogP contribution >= 0.6 is 0 Å². The second-order valence-corrected chi connectivity index (χ2v) is 4.70. The first kappa shape index (κ1) is 15.2. The summed E-state index contributed by atoms with van der Waals surface area (Å²) in [5, 5.41) is 5.79. The van der Waals surface area contributed by atoms with Gasteiger partial charge in [-0.25, -0.2) is 4.98 Å². The molecular formula is C13H22N4O2. The van der Waals surface area contributed by atoms with E-state index in [2.05, 4.69) is 20.6 Å². The average Bonchev–Trinajstić information content (AvgIpc) is 2.35. The lowest BCUT2D eigenvalue weighted by Gasteiger charge is -2.09. The van der Waals surface area contributed by atoms with Crippen LogP contribution in [-0.4, -0.2) is 29.0 Å². The number of carbonyl (C=O) groups is 1. The molecule has 1 amide bonds. The number of H-pyrrole nitrogens is 1. The van der Waals surface area contributed by atoms with Crippen LogP contribution in [-0.2, 0) is 4.79 Å². The first-order chi connectivity index (χ1) is 9.02. The Kier molecular flexibility index (Phi) is 6.05. The number of anilines is 1. The fourth-order valence-corrected chi connectivity index (χ4v) is 1.50. The molecule has 106 valence electrons. The Balaban J connectivity index is 2.49. The molecule has 0 aliphatic heterocycles. The van der Waals surface area contributed by atoms with E-state index in [0.717, 1.165) is 6.42 Å². The largest absolute Gasteiger partial charge is 0.369 e. The topological polar surface area (TPSA) is 86.9 Å². The van der Waals surface area contributed by atoms with Gasteiger partial charge in [-0.15, -0.1) is 0 Å². The van der Waals surface area contributed by atoms with Gasteiger partial charge in [0, 0.05) is 31.5 Å². The van der Waals surface area contributed by atoms with Crippen molar-refractivity contribution >= 4 is 11.7 Å². The van der Waals surface area contributed by atoms with Crippen LogP contribution in [0.3, 0.4) is 0 Å². The standard InChI is InChI=1S/C13H22N4O2/c1-4-6-15-11(18)5-7-14-10-8-12(19)17-13(16-10)9(2)3/h8-9H,4-7H2,1-3H3,(H,15,18)(H2,14,16,17,19). The molecule has 0 unspecified atom stereocenters. The Morgan fingerprint density at radius 1 is 1.42 bits per heavy atom. The second-order valence-electron chi connectivity index (χ2n) is 4.70. The van der Waals surface area contributed by atoms with Crippen LogP contribution < -0.4 is 16.2 Å². The first-order valence-corrected chi connectivity index (χ1v) is 6.64. The molecule has 0 aliphatic rings. The van der Waals surface area contributed by atoms with Crippen molar-refractivity contribution in [1.82, 2.24) is 15.3 Å². The van der Waals surface area contributed by atoms with E-state index in [1.165, 1.54) is 6.07 Å². The molecule has 0 aliphatic carbocycles. The summed E-state index contributed by atoms with van der Waals surface area (Å²) in [5.74, 6) is 1.31. The van der Waals surface area contributed by atoms with Crippen LogP contribution in [0.2, 0.25) is 0 Å². The normalized spacial score (nSPS) is 10.5. The summed E-state index contributed by atoms with van der Waals surface area (Å²) < 4.78 is 0. The third-order valence-electron chi connectivity index (χ3n) is 2.54. The van der Waals surface area contributed by atoms with Gasteiger partial charge >= 0.3 is 0 Å². The first-order valence-electron chi connectivity index (χ1n) is 6.64. The molecule has 0 spiro atoms. The lowest BCUT2D eigenvalue weighted by Crippen LogP contribution is -2.26.